The third-order valence-electron chi connectivity index (χ3n) is 6.49. The Morgan fingerprint density at radius 2 is 2.08 bits per heavy atom. The molecule has 0 amide bonds. The molecule has 6 nitrogen and oxygen atoms in total. The number of nitrogens with zero attached hydrogens (tertiary/aromatic N) is 1. The van der Waals surface area contributed by atoms with E-state index in [-0.39, 0.29) is 18.9 Å². The van der Waals surface area contributed by atoms with Gasteiger partial charge in [0.1, 0.15) is 0 Å². The molecule has 0 aromatic heterocycles. The highest BCUT2D eigenvalue weighted by Gasteiger charge is 2.67. The van der Waals surface area contributed by atoms with Crippen LogP contribution in [0.25, 0.3) is 0 Å². The number of β-amino-alcohol motifs (C(OH)–C–C–N with tert-alkyl or cyclic N) is 1. The van der Waals surface area contributed by atoms with Crippen molar-refractivity contribution in [3.05, 3.63) is 23.3 Å². The van der Waals surface area contributed by atoms with Gasteiger partial charge in [0.2, 0.25) is 6.79 Å². The second-order valence-electron chi connectivity index (χ2n) is 7.47. The molecule has 4 atom stereocenters. The highest BCUT2D eigenvalue weighted by Crippen LogP contribution is 2.58. The molecule has 1 aromatic rings. The highest BCUT2D eigenvalue weighted by atomic mass is 16.7. The molecule has 1 aromatic carbocycles. The van der Waals surface area contributed by atoms with Crippen LogP contribution in [0.4, 0.5) is 0 Å². The molecule has 6 heteroatoms. The molecule has 1 aliphatic carbocycles. The summed E-state index contributed by atoms with van der Waals surface area (Å²) in [4.78, 5) is 2.23. The molecule has 5 rings (SSSR count). The Hall–Kier alpha value is -1.34. The van der Waals surface area contributed by atoms with Crippen molar-refractivity contribution >= 4 is 0 Å². The normalized spacial score (nSPS) is 40.1. The molecule has 130 valence electrons. The van der Waals surface area contributed by atoms with Crippen molar-refractivity contribution in [2.24, 2.45) is 0 Å². The van der Waals surface area contributed by atoms with Crippen LogP contribution in [0.3, 0.4) is 0 Å². The van der Waals surface area contributed by atoms with Crippen LogP contribution in [0.5, 0.6) is 11.5 Å². The summed E-state index contributed by atoms with van der Waals surface area (Å²) in [6.45, 7) is 1.17. The molecule has 1 saturated carbocycles. The van der Waals surface area contributed by atoms with E-state index >= 15 is 0 Å². The molecule has 0 radical (unpaired) electrons. The van der Waals surface area contributed by atoms with E-state index in [1.165, 1.54) is 0 Å². The Morgan fingerprint density at radius 3 is 2.88 bits per heavy atom. The average molecular weight is 333 g/mol. The molecule has 0 bridgehead atoms. The van der Waals surface area contributed by atoms with Gasteiger partial charge in [-0.2, -0.15) is 0 Å². The van der Waals surface area contributed by atoms with Crippen LogP contribution in [0, 0.1) is 0 Å². The van der Waals surface area contributed by atoms with Crippen LogP contribution in [-0.4, -0.2) is 55.4 Å². The maximum atomic E-state index is 11.4. The third kappa shape index (κ3) is 1.69. The van der Waals surface area contributed by atoms with Crippen molar-refractivity contribution in [1.82, 2.24) is 4.90 Å². The van der Waals surface area contributed by atoms with Crippen molar-refractivity contribution in [2.45, 2.75) is 49.2 Å². The van der Waals surface area contributed by atoms with Crippen LogP contribution in [0.15, 0.2) is 12.1 Å². The summed E-state index contributed by atoms with van der Waals surface area (Å²) in [7, 11) is 3.84. The first kappa shape index (κ1) is 15.0. The second kappa shape index (κ2) is 4.85. The monoisotopic (exact) mass is 333 g/mol. The van der Waals surface area contributed by atoms with E-state index in [1.54, 1.807) is 7.11 Å². The number of ether oxygens (including phenoxy) is 4. The van der Waals surface area contributed by atoms with Gasteiger partial charge in [-0.15, -0.1) is 0 Å². The van der Waals surface area contributed by atoms with Gasteiger partial charge < -0.3 is 24.1 Å². The SMILES string of the molecule is COC1CCC23c4cc5c(cc4COC2(O)CN(C)C3C1)OCO5. The largest absolute Gasteiger partial charge is 0.454 e. The summed E-state index contributed by atoms with van der Waals surface area (Å²) >= 11 is 0. The van der Waals surface area contributed by atoms with Gasteiger partial charge in [0.05, 0.1) is 24.7 Å². The van der Waals surface area contributed by atoms with Gasteiger partial charge in [-0.3, -0.25) is 4.90 Å². The zero-order valence-corrected chi connectivity index (χ0v) is 14.1. The topological polar surface area (TPSA) is 60.4 Å². The lowest BCUT2D eigenvalue weighted by Gasteiger charge is -2.52. The maximum absolute atomic E-state index is 11.4. The molecule has 2 fully saturated rings. The van der Waals surface area contributed by atoms with Gasteiger partial charge >= 0.3 is 0 Å². The number of rotatable bonds is 1. The fourth-order valence-corrected chi connectivity index (χ4v) is 5.35. The molecule has 24 heavy (non-hydrogen) atoms. The van der Waals surface area contributed by atoms with Crippen LogP contribution in [0.1, 0.15) is 30.4 Å². The van der Waals surface area contributed by atoms with E-state index in [0.29, 0.717) is 13.2 Å². The molecule has 1 saturated heterocycles. The predicted molar refractivity (Wildman–Crippen MR) is 85.0 cm³/mol. The lowest BCUT2D eigenvalue weighted by molar-refractivity contribution is -0.251. The van der Waals surface area contributed by atoms with E-state index in [9.17, 15) is 5.11 Å². The Balaban J connectivity index is 1.69. The minimum atomic E-state index is -1.16. The first-order chi connectivity index (χ1) is 11.6. The number of hydrogen-bond donors (Lipinski definition) is 1. The average Bonchev–Trinajstić information content (AvgIpc) is 3.13. The Bertz CT molecular complexity index is 694. The zero-order valence-electron chi connectivity index (χ0n) is 14.1. The number of aliphatic hydroxyl groups is 1. The van der Waals surface area contributed by atoms with Crippen molar-refractivity contribution in [3.8, 4) is 11.5 Å². The number of likely N-dealkylation sites (N-methyl/N-ethyl adjacent to an activating group) is 1. The van der Waals surface area contributed by atoms with Crippen molar-refractivity contribution in [1.29, 1.82) is 0 Å². The first-order valence-electron chi connectivity index (χ1n) is 8.60. The summed E-state index contributed by atoms with van der Waals surface area (Å²) in [5.74, 6) is 0.383. The van der Waals surface area contributed by atoms with Crippen molar-refractivity contribution < 1.29 is 24.1 Å². The number of hydrogen-bond acceptors (Lipinski definition) is 6. The molecular weight excluding hydrogens is 310 g/mol. The number of methoxy groups -OCH3 is 1. The summed E-state index contributed by atoms with van der Waals surface area (Å²) in [6, 6.07) is 4.27. The Labute approximate surface area is 141 Å². The summed E-state index contributed by atoms with van der Waals surface area (Å²) < 4.78 is 22.8. The molecule has 3 heterocycles. The quantitative estimate of drug-likeness (QED) is 0.838. The lowest BCUT2D eigenvalue weighted by atomic mass is 9.60. The van der Waals surface area contributed by atoms with E-state index < -0.39 is 11.2 Å². The molecular formula is C18H23NO5. The molecule has 1 N–H and O–H groups in total. The van der Waals surface area contributed by atoms with Crippen molar-refractivity contribution in [3.63, 3.8) is 0 Å². The van der Waals surface area contributed by atoms with E-state index in [4.69, 9.17) is 18.9 Å². The minimum absolute atomic E-state index is 0.181. The lowest BCUT2D eigenvalue weighted by Crippen LogP contribution is -2.60. The van der Waals surface area contributed by atoms with Crippen LogP contribution >= 0.6 is 0 Å². The highest BCUT2D eigenvalue weighted by molar-refractivity contribution is 5.54. The van der Waals surface area contributed by atoms with Crippen LogP contribution in [-0.2, 0) is 21.5 Å². The van der Waals surface area contributed by atoms with Gasteiger partial charge in [0, 0.05) is 13.2 Å². The Morgan fingerprint density at radius 1 is 1.29 bits per heavy atom. The van der Waals surface area contributed by atoms with Gasteiger partial charge in [0.15, 0.2) is 17.3 Å². The predicted octanol–water partition coefficient (Wildman–Crippen LogP) is 1.38. The van der Waals surface area contributed by atoms with E-state index in [1.807, 2.05) is 6.07 Å². The van der Waals surface area contributed by atoms with Gasteiger partial charge in [-0.1, -0.05) is 0 Å². The van der Waals surface area contributed by atoms with Crippen LogP contribution < -0.4 is 9.47 Å². The Kier molecular flexibility index (Phi) is 3.02. The molecule has 4 unspecified atom stereocenters. The first-order valence-corrected chi connectivity index (χ1v) is 8.60. The van der Waals surface area contributed by atoms with E-state index in [2.05, 4.69) is 18.0 Å². The number of fused-ring (bicyclic) bond motifs is 2. The molecule has 4 aliphatic rings. The minimum Gasteiger partial charge on any atom is -0.454 e. The van der Waals surface area contributed by atoms with Gasteiger partial charge in [-0.25, -0.2) is 0 Å². The third-order valence-corrected chi connectivity index (χ3v) is 6.49. The van der Waals surface area contributed by atoms with Gasteiger partial charge in [-0.05, 0) is 49.6 Å². The second-order valence-corrected chi connectivity index (χ2v) is 7.47. The number of benzene rings is 1. The molecule has 1 spiro atoms. The van der Waals surface area contributed by atoms with Gasteiger partial charge in [0.25, 0.3) is 0 Å². The summed E-state index contributed by atoms with van der Waals surface area (Å²) in [5.41, 5.74) is 1.82. The standard InChI is InChI=1S/C18H23NO5/c1-19-9-18(20)17(4-3-12(21-2)6-16(17)19)13-7-15-14(22-10-23-15)5-11(13)8-24-18/h5,7,12,16,20H,3-4,6,8-10H2,1-2H3. The van der Waals surface area contributed by atoms with Crippen molar-refractivity contribution in [2.75, 3.05) is 27.5 Å². The fourth-order valence-electron chi connectivity index (χ4n) is 5.35. The fraction of sp³-hybridized carbons (Fsp3) is 0.667. The van der Waals surface area contributed by atoms with E-state index in [0.717, 1.165) is 41.9 Å². The smallest absolute Gasteiger partial charge is 0.231 e. The number of likely N-dealkylation sites (tertiary alicyclic amines) is 1. The summed E-state index contributed by atoms with van der Waals surface area (Å²) in [5, 5.41) is 11.4. The van der Waals surface area contributed by atoms with Crippen LogP contribution in [0.2, 0.25) is 0 Å². The maximum Gasteiger partial charge on any atom is 0.231 e. The summed E-state index contributed by atoms with van der Waals surface area (Å²) in [6.07, 6.45) is 2.88. The zero-order chi connectivity index (χ0) is 16.5. The molecule has 3 aliphatic heterocycles.